The maximum atomic E-state index is 12.0. The summed E-state index contributed by atoms with van der Waals surface area (Å²) in [5, 5.41) is 11.2. The van der Waals surface area contributed by atoms with Gasteiger partial charge in [0, 0.05) is 32.0 Å². The van der Waals surface area contributed by atoms with Crippen LogP contribution in [0.25, 0.3) is 0 Å². The topological polar surface area (TPSA) is 76.6 Å². The summed E-state index contributed by atoms with van der Waals surface area (Å²) in [6.07, 6.45) is 2.53. The molecule has 1 N–H and O–H groups in total. The molecule has 0 radical (unpaired) electrons. The quantitative estimate of drug-likeness (QED) is 0.902. The summed E-state index contributed by atoms with van der Waals surface area (Å²) in [4.78, 5) is 14.2. The zero-order chi connectivity index (χ0) is 16.3. The first-order valence-electron chi connectivity index (χ1n) is 8.29. The van der Waals surface area contributed by atoms with Crippen LogP contribution in [-0.2, 0) is 9.47 Å². The molecule has 2 fully saturated rings. The number of amides is 1. The highest BCUT2D eigenvalue weighted by Crippen LogP contribution is 2.32. The predicted molar refractivity (Wildman–Crippen MR) is 85.3 cm³/mol. The molecule has 2 aliphatic heterocycles. The van der Waals surface area contributed by atoms with Crippen molar-refractivity contribution < 1.29 is 14.3 Å². The van der Waals surface area contributed by atoms with Crippen LogP contribution in [0, 0.1) is 0 Å². The summed E-state index contributed by atoms with van der Waals surface area (Å²) in [6.45, 7) is 6.98. The second kappa shape index (κ2) is 6.80. The van der Waals surface area contributed by atoms with Crippen molar-refractivity contribution in [3.63, 3.8) is 0 Å². The lowest BCUT2D eigenvalue weighted by Crippen LogP contribution is -2.45. The molecule has 2 aliphatic rings. The molecule has 126 valence electrons. The van der Waals surface area contributed by atoms with Crippen LogP contribution in [0.5, 0.6) is 0 Å². The van der Waals surface area contributed by atoms with Crippen molar-refractivity contribution >= 4 is 11.7 Å². The average Bonchev–Trinajstić information content (AvgIpc) is 3.03. The maximum Gasteiger partial charge on any atom is 0.272 e. The molecule has 0 saturated carbocycles. The standard InChI is InChI=1S/C16H24N4O3/c1-3-12(2)17-15(21)13-4-5-14(19-18-13)20-8-6-16(7-9-20)22-10-11-23-16/h4-5,12H,3,6-11H2,1-2H3,(H,17,21). The number of carbonyl (C=O) groups excluding carboxylic acids is 1. The van der Waals surface area contributed by atoms with E-state index in [0.29, 0.717) is 18.9 Å². The van der Waals surface area contributed by atoms with Crippen LogP contribution >= 0.6 is 0 Å². The van der Waals surface area contributed by atoms with Crippen LogP contribution in [0.2, 0.25) is 0 Å². The molecule has 1 aromatic rings. The molecule has 0 aliphatic carbocycles. The van der Waals surface area contributed by atoms with Crippen LogP contribution < -0.4 is 10.2 Å². The number of nitrogens with one attached hydrogen (secondary N) is 1. The van der Waals surface area contributed by atoms with Crippen molar-refractivity contribution in [1.82, 2.24) is 15.5 Å². The lowest BCUT2D eigenvalue weighted by atomic mass is 10.0. The van der Waals surface area contributed by atoms with Gasteiger partial charge in [-0.15, -0.1) is 10.2 Å². The summed E-state index contributed by atoms with van der Waals surface area (Å²) >= 11 is 0. The average molecular weight is 320 g/mol. The number of rotatable bonds is 4. The Bertz CT molecular complexity index is 533. The van der Waals surface area contributed by atoms with Gasteiger partial charge in [0.1, 0.15) is 0 Å². The summed E-state index contributed by atoms with van der Waals surface area (Å²) in [5.41, 5.74) is 0.352. The van der Waals surface area contributed by atoms with Crippen molar-refractivity contribution in [1.29, 1.82) is 0 Å². The minimum Gasteiger partial charge on any atom is -0.355 e. The first-order chi connectivity index (χ1) is 11.1. The lowest BCUT2D eigenvalue weighted by Gasteiger charge is -2.37. The van der Waals surface area contributed by atoms with Crippen LogP contribution in [0.3, 0.4) is 0 Å². The van der Waals surface area contributed by atoms with E-state index < -0.39 is 0 Å². The zero-order valence-corrected chi connectivity index (χ0v) is 13.7. The van der Waals surface area contributed by atoms with Crippen molar-refractivity contribution in [2.24, 2.45) is 0 Å². The first-order valence-corrected chi connectivity index (χ1v) is 8.29. The Morgan fingerprint density at radius 2 is 2.00 bits per heavy atom. The molecule has 7 heteroatoms. The second-order valence-corrected chi connectivity index (χ2v) is 6.15. The van der Waals surface area contributed by atoms with Crippen molar-refractivity contribution in [3.8, 4) is 0 Å². The Balaban J connectivity index is 1.58. The Hall–Kier alpha value is -1.73. The molecule has 1 atom stereocenters. The van der Waals surface area contributed by atoms with Crippen LogP contribution in [0.4, 0.5) is 5.82 Å². The fraction of sp³-hybridized carbons (Fsp3) is 0.688. The predicted octanol–water partition coefficient (Wildman–Crippen LogP) is 1.35. The van der Waals surface area contributed by atoms with Gasteiger partial charge in [-0.1, -0.05) is 6.92 Å². The lowest BCUT2D eigenvalue weighted by molar-refractivity contribution is -0.169. The molecule has 1 aromatic heterocycles. The zero-order valence-electron chi connectivity index (χ0n) is 13.7. The third kappa shape index (κ3) is 3.61. The number of hydrogen-bond donors (Lipinski definition) is 1. The minimum absolute atomic E-state index is 0.133. The Labute approximate surface area is 136 Å². The number of anilines is 1. The molecule has 0 bridgehead atoms. The maximum absolute atomic E-state index is 12.0. The highest BCUT2D eigenvalue weighted by atomic mass is 16.7. The van der Waals surface area contributed by atoms with Gasteiger partial charge in [-0.05, 0) is 25.5 Å². The summed E-state index contributed by atoms with van der Waals surface area (Å²) in [6, 6.07) is 3.72. The number of nitrogens with zero attached hydrogens (tertiary/aromatic N) is 3. The SMILES string of the molecule is CCC(C)NC(=O)c1ccc(N2CCC3(CC2)OCCO3)nn1. The van der Waals surface area contributed by atoms with Crippen LogP contribution in [0.1, 0.15) is 43.6 Å². The second-order valence-electron chi connectivity index (χ2n) is 6.15. The fourth-order valence-electron chi connectivity index (χ4n) is 2.88. The number of ether oxygens (including phenoxy) is 2. The van der Waals surface area contributed by atoms with Crippen molar-refractivity contribution in [2.45, 2.75) is 44.9 Å². The van der Waals surface area contributed by atoms with E-state index in [4.69, 9.17) is 9.47 Å². The van der Waals surface area contributed by atoms with E-state index in [2.05, 4.69) is 20.4 Å². The van der Waals surface area contributed by atoms with Crippen molar-refractivity contribution in [3.05, 3.63) is 17.8 Å². The largest absolute Gasteiger partial charge is 0.355 e. The van der Waals surface area contributed by atoms with Gasteiger partial charge in [-0.25, -0.2) is 0 Å². The number of piperidine rings is 1. The van der Waals surface area contributed by atoms with Gasteiger partial charge in [0.2, 0.25) is 0 Å². The van der Waals surface area contributed by atoms with Gasteiger partial charge in [0.15, 0.2) is 17.3 Å². The molecule has 3 rings (SSSR count). The molecule has 23 heavy (non-hydrogen) atoms. The molecule has 0 aromatic carbocycles. The monoisotopic (exact) mass is 320 g/mol. The molecular formula is C16H24N4O3. The highest BCUT2D eigenvalue weighted by Gasteiger charge is 2.40. The van der Waals surface area contributed by atoms with Gasteiger partial charge < -0.3 is 19.7 Å². The van der Waals surface area contributed by atoms with Crippen molar-refractivity contribution in [2.75, 3.05) is 31.2 Å². The summed E-state index contributed by atoms with van der Waals surface area (Å²) < 4.78 is 11.5. The van der Waals surface area contributed by atoms with Gasteiger partial charge >= 0.3 is 0 Å². The smallest absolute Gasteiger partial charge is 0.272 e. The van der Waals surface area contributed by atoms with E-state index in [0.717, 1.165) is 38.2 Å². The Kier molecular flexibility index (Phi) is 4.77. The summed E-state index contributed by atoms with van der Waals surface area (Å²) in [5.74, 6) is 0.224. The normalized spacial score (nSPS) is 21.4. The first kappa shape index (κ1) is 16.1. The van der Waals surface area contributed by atoms with Gasteiger partial charge in [-0.3, -0.25) is 4.79 Å². The minimum atomic E-state index is -0.389. The summed E-state index contributed by atoms with van der Waals surface area (Å²) in [7, 11) is 0. The molecule has 1 spiro atoms. The van der Waals surface area contributed by atoms with E-state index in [-0.39, 0.29) is 17.7 Å². The van der Waals surface area contributed by atoms with Gasteiger partial charge in [-0.2, -0.15) is 0 Å². The van der Waals surface area contributed by atoms with E-state index in [1.54, 1.807) is 6.07 Å². The molecule has 7 nitrogen and oxygen atoms in total. The van der Waals surface area contributed by atoms with Gasteiger partial charge in [0.05, 0.1) is 13.2 Å². The number of aromatic nitrogens is 2. The number of carbonyl (C=O) groups is 1. The third-order valence-electron chi connectivity index (χ3n) is 4.54. The van der Waals surface area contributed by atoms with E-state index in [1.165, 1.54) is 0 Å². The Morgan fingerprint density at radius 3 is 2.57 bits per heavy atom. The van der Waals surface area contributed by atoms with E-state index in [1.807, 2.05) is 19.9 Å². The van der Waals surface area contributed by atoms with E-state index >= 15 is 0 Å². The van der Waals surface area contributed by atoms with E-state index in [9.17, 15) is 4.79 Å². The Morgan fingerprint density at radius 1 is 1.30 bits per heavy atom. The molecular weight excluding hydrogens is 296 g/mol. The highest BCUT2D eigenvalue weighted by molar-refractivity contribution is 5.92. The fourth-order valence-corrected chi connectivity index (χ4v) is 2.88. The molecule has 3 heterocycles. The third-order valence-corrected chi connectivity index (χ3v) is 4.54. The molecule has 1 unspecified atom stereocenters. The van der Waals surface area contributed by atoms with Crippen LogP contribution in [-0.4, -0.2) is 54.2 Å². The number of hydrogen-bond acceptors (Lipinski definition) is 6. The molecule has 1 amide bonds. The van der Waals surface area contributed by atoms with Crippen LogP contribution in [0.15, 0.2) is 12.1 Å². The van der Waals surface area contributed by atoms with Gasteiger partial charge in [0.25, 0.3) is 5.91 Å². The molecule has 2 saturated heterocycles.